The van der Waals surface area contributed by atoms with Gasteiger partial charge in [-0.1, -0.05) is 0 Å². The Kier molecular flexibility index (Phi) is 6.58. The van der Waals surface area contributed by atoms with Gasteiger partial charge in [-0.15, -0.1) is 11.3 Å². The Labute approximate surface area is 166 Å². The monoisotopic (exact) mass is 437 g/mol. The average molecular weight is 438 g/mol. The average Bonchev–Trinajstić information content (AvgIpc) is 2.93. The number of allylic oxidation sites excluding steroid dienone is 1. The van der Waals surface area contributed by atoms with Crippen LogP contribution in [-0.2, 0) is 0 Å². The third-order valence-electron chi connectivity index (χ3n) is 4.37. The van der Waals surface area contributed by atoms with Crippen LogP contribution in [-0.4, -0.2) is 72.3 Å². The Morgan fingerprint density at radius 3 is 2.88 bits per heavy atom. The second-order valence-corrected chi connectivity index (χ2v) is 8.40. The highest BCUT2D eigenvalue weighted by atomic mass is 79.9. The van der Waals surface area contributed by atoms with Gasteiger partial charge in [0, 0.05) is 56.6 Å². The smallest absolute Gasteiger partial charge is 0.227 e. The Bertz CT molecular complexity index is 796. The molecule has 0 saturated carbocycles. The quantitative estimate of drug-likeness (QED) is 0.456. The van der Waals surface area contributed by atoms with E-state index < -0.39 is 0 Å². The number of likely N-dealkylation sites (N-methyl/N-ethyl adjacent to an activating group) is 1. The van der Waals surface area contributed by atoms with E-state index in [0.29, 0.717) is 11.6 Å². The highest BCUT2D eigenvalue weighted by Gasteiger charge is 2.12. The molecule has 0 aliphatic carbocycles. The molecule has 0 spiro atoms. The molecule has 26 heavy (non-hydrogen) atoms. The summed E-state index contributed by atoms with van der Waals surface area (Å²) in [6.45, 7) is 8.37. The van der Waals surface area contributed by atoms with Crippen molar-refractivity contribution >= 4 is 49.6 Å². The Balaban J connectivity index is 1.54. The van der Waals surface area contributed by atoms with Crippen molar-refractivity contribution in [3.63, 3.8) is 0 Å². The lowest BCUT2D eigenvalue weighted by Crippen LogP contribution is -2.46. The van der Waals surface area contributed by atoms with Gasteiger partial charge in [0.1, 0.15) is 5.52 Å². The molecule has 1 aliphatic heterocycles. The fourth-order valence-electron chi connectivity index (χ4n) is 2.76. The predicted octanol–water partition coefficient (Wildman–Crippen LogP) is 2.50. The maximum atomic E-state index is 7.60. The molecule has 0 amide bonds. The molecule has 2 aromatic rings. The minimum atomic E-state index is 0.492. The zero-order valence-electron chi connectivity index (χ0n) is 15.0. The third-order valence-corrected chi connectivity index (χ3v) is 6.63. The number of aryl methyl sites for hydroxylation is 1. The number of nitrogens with one attached hydrogen (secondary N) is 3. The molecule has 9 heteroatoms. The number of halogens is 1. The number of hydrogen-bond donors (Lipinski definition) is 3. The van der Waals surface area contributed by atoms with Gasteiger partial charge in [0.25, 0.3) is 0 Å². The molecule has 0 radical (unpaired) electrons. The van der Waals surface area contributed by atoms with Crippen molar-refractivity contribution in [1.82, 2.24) is 25.1 Å². The first-order valence-electron chi connectivity index (χ1n) is 8.60. The van der Waals surface area contributed by atoms with E-state index in [1.807, 2.05) is 12.4 Å². The van der Waals surface area contributed by atoms with Crippen molar-refractivity contribution in [1.29, 1.82) is 5.41 Å². The lowest BCUT2D eigenvalue weighted by atomic mass is 10.3. The molecule has 0 aromatic carbocycles. The van der Waals surface area contributed by atoms with Gasteiger partial charge in [0.05, 0.1) is 21.1 Å². The number of thiophene rings is 1. The molecule has 3 heterocycles. The molecular formula is C17H24BrN7S. The fraction of sp³-hybridized carbons (Fsp3) is 0.471. The Hall–Kier alpha value is -1.55. The molecule has 2 aromatic heterocycles. The molecule has 3 rings (SSSR count). The minimum Gasteiger partial charge on any atom is -0.388 e. The maximum Gasteiger partial charge on any atom is 0.227 e. The fourth-order valence-corrected chi connectivity index (χ4v) is 4.30. The second-order valence-electron chi connectivity index (χ2n) is 6.35. The molecule has 0 unspecified atom stereocenters. The van der Waals surface area contributed by atoms with E-state index in [2.05, 4.69) is 60.3 Å². The van der Waals surface area contributed by atoms with Gasteiger partial charge in [0.2, 0.25) is 5.95 Å². The van der Waals surface area contributed by atoms with E-state index in [1.165, 1.54) is 11.1 Å². The molecule has 7 nitrogen and oxygen atoms in total. The van der Waals surface area contributed by atoms with Crippen LogP contribution in [0, 0.1) is 12.3 Å². The summed E-state index contributed by atoms with van der Waals surface area (Å²) in [5.41, 5.74) is 1.53. The topological polar surface area (TPSA) is 80.2 Å². The van der Waals surface area contributed by atoms with Crippen LogP contribution in [0.4, 0.5) is 5.95 Å². The van der Waals surface area contributed by atoms with Crippen LogP contribution >= 0.6 is 27.3 Å². The van der Waals surface area contributed by atoms with Crippen LogP contribution in [0.15, 0.2) is 22.6 Å². The van der Waals surface area contributed by atoms with Gasteiger partial charge in [-0.3, -0.25) is 4.90 Å². The summed E-state index contributed by atoms with van der Waals surface area (Å²) in [5, 5.41) is 14.0. The molecular weight excluding hydrogens is 414 g/mol. The van der Waals surface area contributed by atoms with Gasteiger partial charge in [-0.25, -0.2) is 9.97 Å². The van der Waals surface area contributed by atoms with Crippen molar-refractivity contribution in [3.8, 4) is 0 Å². The highest BCUT2D eigenvalue weighted by Crippen LogP contribution is 2.33. The van der Waals surface area contributed by atoms with Crippen LogP contribution in [0.5, 0.6) is 0 Å². The highest BCUT2D eigenvalue weighted by molar-refractivity contribution is 9.10. The number of anilines is 1. The van der Waals surface area contributed by atoms with Crippen LogP contribution in [0.2, 0.25) is 0 Å². The number of nitrogens with zero attached hydrogens (tertiary/aromatic N) is 4. The zero-order chi connectivity index (χ0) is 18.5. The van der Waals surface area contributed by atoms with Crippen molar-refractivity contribution < 1.29 is 0 Å². The van der Waals surface area contributed by atoms with Crippen molar-refractivity contribution in [3.05, 3.63) is 27.4 Å². The summed E-state index contributed by atoms with van der Waals surface area (Å²) >= 11 is 5.24. The largest absolute Gasteiger partial charge is 0.388 e. The van der Waals surface area contributed by atoms with Crippen molar-refractivity contribution in [2.45, 2.75) is 6.92 Å². The molecule has 3 N–H and O–H groups in total. The molecule has 1 aliphatic rings. The standard InChI is InChI=1S/C17H24BrN7S/c1-12-15(18)16-14(26-12)11-21-17(23-16)22-13(9-19)10-20-3-4-25-7-5-24(2)6-8-25/h9-11,19-20H,3-8H2,1-2H3,(H,21,22,23)/b13-10+,19-9?. The molecule has 1 saturated heterocycles. The van der Waals surface area contributed by atoms with Gasteiger partial charge in [0.15, 0.2) is 0 Å². The van der Waals surface area contributed by atoms with Crippen LogP contribution in [0.1, 0.15) is 4.88 Å². The predicted molar refractivity (Wildman–Crippen MR) is 112 cm³/mol. The Morgan fingerprint density at radius 2 is 2.15 bits per heavy atom. The first-order chi connectivity index (χ1) is 12.6. The van der Waals surface area contributed by atoms with E-state index in [1.54, 1.807) is 11.3 Å². The molecule has 1 fully saturated rings. The summed E-state index contributed by atoms with van der Waals surface area (Å²) in [6, 6.07) is 0. The minimum absolute atomic E-state index is 0.492. The van der Waals surface area contributed by atoms with Crippen molar-refractivity contribution in [2.24, 2.45) is 0 Å². The summed E-state index contributed by atoms with van der Waals surface area (Å²) in [7, 11) is 2.16. The lowest BCUT2D eigenvalue weighted by molar-refractivity contribution is 0.156. The summed E-state index contributed by atoms with van der Waals surface area (Å²) in [6.07, 6.45) is 4.89. The Morgan fingerprint density at radius 1 is 1.38 bits per heavy atom. The number of rotatable bonds is 7. The van der Waals surface area contributed by atoms with Crippen LogP contribution in [0.3, 0.4) is 0 Å². The summed E-state index contributed by atoms with van der Waals surface area (Å²) in [4.78, 5) is 14.9. The number of aromatic nitrogens is 2. The van der Waals surface area contributed by atoms with Gasteiger partial charge in [-0.2, -0.15) is 0 Å². The SMILES string of the molecule is Cc1sc2cnc(N/C(C=N)=C/NCCN3CCN(C)CC3)nc2c1Br. The summed E-state index contributed by atoms with van der Waals surface area (Å²) in [5.74, 6) is 0.492. The van der Waals surface area contributed by atoms with Crippen LogP contribution in [0.25, 0.3) is 10.2 Å². The van der Waals surface area contributed by atoms with Crippen LogP contribution < -0.4 is 10.6 Å². The van der Waals surface area contributed by atoms with Gasteiger partial charge >= 0.3 is 0 Å². The molecule has 0 bridgehead atoms. The number of hydrogen-bond acceptors (Lipinski definition) is 8. The van der Waals surface area contributed by atoms with E-state index in [0.717, 1.165) is 54.0 Å². The van der Waals surface area contributed by atoms with Gasteiger partial charge in [-0.05, 0) is 29.9 Å². The number of fused-ring (bicyclic) bond motifs is 1. The normalized spacial score (nSPS) is 16.8. The van der Waals surface area contributed by atoms with Crippen molar-refractivity contribution in [2.75, 3.05) is 51.6 Å². The number of piperazine rings is 1. The first-order valence-corrected chi connectivity index (χ1v) is 10.2. The second kappa shape index (κ2) is 8.90. The first kappa shape index (κ1) is 19.2. The van der Waals surface area contributed by atoms with E-state index in [-0.39, 0.29) is 0 Å². The van der Waals surface area contributed by atoms with E-state index in [9.17, 15) is 0 Å². The molecule has 140 valence electrons. The van der Waals surface area contributed by atoms with E-state index >= 15 is 0 Å². The van der Waals surface area contributed by atoms with E-state index in [4.69, 9.17) is 5.41 Å². The maximum absolute atomic E-state index is 7.60. The third kappa shape index (κ3) is 4.79. The zero-order valence-corrected chi connectivity index (χ0v) is 17.5. The summed E-state index contributed by atoms with van der Waals surface area (Å²) < 4.78 is 2.05. The lowest BCUT2D eigenvalue weighted by Gasteiger charge is -2.32. The van der Waals surface area contributed by atoms with Gasteiger partial charge < -0.3 is 20.9 Å². The molecule has 0 atom stereocenters.